The van der Waals surface area contributed by atoms with Crippen molar-refractivity contribution in [1.29, 1.82) is 0 Å². The van der Waals surface area contributed by atoms with Crippen LogP contribution in [-0.4, -0.2) is 27.5 Å². The van der Waals surface area contributed by atoms with E-state index in [1.54, 1.807) is 31.2 Å². The summed E-state index contributed by atoms with van der Waals surface area (Å²) < 4.78 is 5.05. The second kappa shape index (κ2) is 8.99. The molecule has 9 nitrogen and oxygen atoms in total. The molecule has 0 atom stereocenters. The fourth-order valence-corrected chi connectivity index (χ4v) is 2.84. The summed E-state index contributed by atoms with van der Waals surface area (Å²) in [6.07, 6.45) is 1.22. The Labute approximate surface area is 173 Å². The Morgan fingerprint density at radius 2 is 1.73 bits per heavy atom. The van der Waals surface area contributed by atoms with Gasteiger partial charge < -0.3 is 15.4 Å². The lowest BCUT2D eigenvalue weighted by molar-refractivity contribution is -0.383. The summed E-state index contributed by atoms with van der Waals surface area (Å²) in [5.41, 5.74) is 2.87. The van der Waals surface area contributed by atoms with Crippen LogP contribution in [0.25, 0.3) is 0 Å². The highest BCUT2D eigenvalue weighted by Gasteiger charge is 2.25. The third-order valence-electron chi connectivity index (χ3n) is 4.33. The van der Waals surface area contributed by atoms with E-state index in [1.807, 2.05) is 32.0 Å². The second-order valence-electron chi connectivity index (χ2n) is 6.51. The molecule has 0 radical (unpaired) electrons. The summed E-state index contributed by atoms with van der Waals surface area (Å²) >= 11 is 0. The van der Waals surface area contributed by atoms with Gasteiger partial charge >= 0.3 is 11.7 Å². The number of esters is 1. The first-order valence-corrected chi connectivity index (χ1v) is 9.27. The first-order valence-electron chi connectivity index (χ1n) is 9.27. The van der Waals surface area contributed by atoms with Gasteiger partial charge in [-0.1, -0.05) is 24.3 Å². The van der Waals surface area contributed by atoms with E-state index in [0.29, 0.717) is 11.4 Å². The van der Waals surface area contributed by atoms with Crippen LogP contribution in [0.1, 0.15) is 28.4 Å². The first-order chi connectivity index (χ1) is 14.4. The molecule has 154 valence electrons. The Kier molecular flexibility index (Phi) is 6.21. The van der Waals surface area contributed by atoms with E-state index in [1.165, 1.54) is 6.33 Å². The number of aryl methyl sites for hydroxylation is 2. The normalized spacial score (nSPS) is 10.4. The third-order valence-corrected chi connectivity index (χ3v) is 4.33. The molecule has 0 aliphatic rings. The van der Waals surface area contributed by atoms with Crippen LogP contribution in [0.5, 0.6) is 0 Å². The molecule has 0 unspecified atom stereocenters. The maximum absolute atomic E-state index is 12.2. The van der Waals surface area contributed by atoms with E-state index < -0.39 is 10.9 Å². The zero-order valence-corrected chi connectivity index (χ0v) is 16.8. The second-order valence-corrected chi connectivity index (χ2v) is 6.51. The van der Waals surface area contributed by atoms with Crippen LogP contribution in [0.4, 0.5) is 28.7 Å². The number of aromatic nitrogens is 2. The molecule has 9 heteroatoms. The van der Waals surface area contributed by atoms with Gasteiger partial charge in [-0.15, -0.1) is 0 Å². The zero-order chi connectivity index (χ0) is 21.7. The molecular formula is C21H21N5O4. The van der Waals surface area contributed by atoms with Gasteiger partial charge in [-0.25, -0.2) is 14.8 Å². The number of para-hydroxylation sites is 1. The lowest BCUT2D eigenvalue weighted by Crippen LogP contribution is -2.10. The van der Waals surface area contributed by atoms with Crippen LogP contribution < -0.4 is 10.6 Å². The number of hydrogen-bond acceptors (Lipinski definition) is 8. The fraction of sp³-hybridized carbons (Fsp3) is 0.190. The molecule has 0 aliphatic carbocycles. The highest BCUT2D eigenvalue weighted by molar-refractivity contribution is 5.97. The van der Waals surface area contributed by atoms with Crippen molar-refractivity contribution in [2.45, 2.75) is 20.8 Å². The molecule has 0 aliphatic heterocycles. The van der Waals surface area contributed by atoms with E-state index in [9.17, 15) is 14.9 Å². The molecule has 0 spiro atoms. The molecule has 1 aromatic heterocycles. The van der Waals surface area contributed by atoms with E-state index in [-0.39, 0.29) is 29.5 Å². The summed E-state index contributed by atoms with van der Waals surface area (Å²) in [7, 11) is 0. The van der Waals surface area contributed by atoms with E-state index in [4.69, 9.17) is 4.74 Å². The monoisotopic (exact) mass is 407 g/mol. The Bertz CT molecular complexity index is 1100. The standard InChI is InChI=1S/C21H21N5O4/c1-4-30-21(27)15-7-5-6-8-16(15)24-19-18(26(28)29)20(23-12-22-19)25-17-11-13(2)9-10-14(17)3/h5-12H,4H2,1-3H3,(H2,22,23,24,25). The summed E-state index contributed by atoms with van der Waals surface area (Å²) in [6, 6.07) is 12.3. The van der Waals surface area contributed by atoms with E-state index >= 15 is 0 Å². The van der Waals surface area contributed by atoms with Crippen LogP contribution in [0.3, 0.4) is 0 Å². The van der Waals surface area contributed by atoms with Gasteiger partial charge in [0.2, 0.25) is 11.6 Å². The van der Waals surface area contributed by atoms with Crippen molar-refractivity contribution in [2.75, 3.05) is 17.2 Å². The topological polar surface area (TPSA) is 119 Å². The molecule has 1 heterocycles. The molecule has 3 aromatic rings. The molecule has 0 amide bonds. The first kappa shape index (κ1) is 20.7. The van der Waals surface area contributed by atoms with E-state index in [0.717, 1.165) is 11.1 Å². The smallest absolute Gasteiger partial charge is 0.353 e. The lowest BCUT2D eigenvalue weighted by Gasteiger charge is -2.13. The lowest BCUT2D eigenvalue weighted by atomic mass is 10.1. The number of nitrogens with one attached hydrogen (secondary N) is 2. The molecule has 0 fully saturated rings. The summed E-state index contributed by atoms with van der Waals surface area (Å²) in [4.78, 5) is 31.6. The van der Waals surface area contributed by atoms with Crippen molar-refractivity contribution in [3.05, 3.63) is 75.6 Å². The Morgan fingerprint density at radius 3 is 2.40 bits per heavy atom. The Balaban J connectivity index is 2.02. The number of anilines is 4. The molecule has 2 N–H and O–H groups in total. The molecule has 2 aromatic carbocycles. The number of carbonyl (C=O) groups is 1. The van der Waals surface area contributed by atoms with Crippen molar-refractivity contribution in [3.8, 4) is 0 Å². The van der Waals surface area contributed by atoms with Crippen molar-refractivity contribution in [2.24, 2.45) is 0 Å². The predicted octanol–water partition coefficient (Wildman–Crippen LogP) is 4.67. The summed E-state index contributed by atoms with van der Waals surface area (Å²) in [5, 5.41) is 17.8. The maximum atomic E-state index is 12.2. The Hall–Kier alpha value is -4.01. The molecule has 0 saturated carbocycles. The van der Waals surface area contributed by atoms with Gasteiger partial charge in [-0.3, -0.25) is 10.1 Å². The van der Waals surface area contributed by atoms with Gasteiger partial charge in [0.05, 0.1) is 22.8 Å². The SMILES string of the molecule is CCOC(=O)c1ccccc1Nc1ncnc(Nc2cc(C)ccc2C)c1[N+](=O)[O-]. The zero-order valence-electron chi connectivity index (χ0n) is 16.8. The number of rotatable bonds is 7. The third kappa shape index (κ3) is 4.52. The number of ether oxygens (including phenoxy) is 1. The predicted molar refractivity (Wildman–Crippen MR) is 114 cm³/mol. The summed E-state index contributed by atoms with van der Waals surface area (Å²) in [5.74, 6) is -0.537. The average Bonchev–Trinajstić information content (AvgIpc) is 2.71. The van der Waals surface area contributed by atoms with Crippen LogP contribution in [0.2, 0.25) is 0 Å². The molecule has 30 heavy (non-hydrogen) atoms. The Morgan fingerprint density at radius 1 is 1.07 bits per heavy atom. The van der Waals surface area contributed by atoms with Crippen molar-refractivity contribution in [1.82, 2.24) is 9.97 Å². The van der Waals surface area contributed by atoms with Gasteiger partial charge in [0.1, 0.15) is 6.33 Å². The number of benzene rings is 2. The van der Waals surface area contributed by atoms with Crippen molar-refractivity contribution >= 4 is 34.7 Å². The minimum Gasteiger partial charge on any atom is -0.462 e. The van der Waals surface area contributed by atoms with Gasteiger partial charge in [0.15, 0.2) is 0 Å². The van der Waals surface area contributed by atoms with E-state index in [2.05, 4.69) is 20.6 Å². The molecule has 3 rings (SSSR count). The number of nitro groups is 1. The highest BCUT2D eigenvalue weighted by atomic mass is 16.6. The minimum atomic E-state index is -0.567. The van der Waals surface area contributed by atoms with Gasteiger partial charge in [0.25, 0.3) is 0 Å². The minimum absolute atomic E-state index is 0.0415. The highest BCUT2D eigenvalue weighted by Crippen LogP contribution is 2.34. The maximum Gasteiger partial charge on any atom is 0.353 e. The number of hydrogen-bond donors (Lipinski definition) is 2. The van der Waals surface area contributed by atoms with Crippen LogP contribution in [0.15, 0.2) is 48.8 Å². The molecular weight excluding hydrogens is 386 g/mol. The largest absolute Gasteiger partial charge is 0.462 e. The number of carbonyl (C=O) groups excluding carboxylic acids is 1. The van der Waals surface area contributed by atoms with Crippen molar-refractivity contribution in [3.63, 3.8) is 0 Å². The van der Waals surface area contributed by atoms with Crippen LogP contribution >= 0.6 is 0 Å². The van der Waals surface area contributed by atoms with Gasteiger partial charge in [-0.2, -0.15) is 0 Å². The average molecular weight is 407 g/mol. The van der Waals surface area contributed by atoms with Crippen molar-refractivity contribution < 1.29 is 14.5 Å². The number of nitrogens with zero attached hydrogens (tertiary/aromatic N) is 3. The van der Waals surface area contributed by atoms with Gasteiger partial charge in [0, 0.05) is 5.69 Å². The van der Waals surface area contributed by atoms with Crippen LogP contribution in [-0.2, 0) is 4.74 Å². The molecule has 0 saturated heterocycles. The summed E-state index contributed by atoms with van der Waals surface area (Å²) in [6.45, 7) is 5.74. The van der Waals surface area contributed by atoms with Crippen LogP contribution in [0, 0.1) is 24.0 Å². The fourth-order valence-electron chi connectivity index (χ4n) is 2.84. The quantitative estimate of drug-likeness (QED) is 0.329. The van der Waals surface area contributed by atoms with Gasteiger partial charge in [-0.05, 0) is 50.1 Å². The molecule has 0 bridgehead atoms.